The van der Waals surface area contributed by atoms with E-state index in [1.807, 2.05) is 0 Å². The normalized spacial score (nSPS) is 11.0. The van der Waals surface area contributed by atoms with Crippen LogP contribution in [0.5, 0.6) is 0 Å². The summed E-state index contributed by atoms with van der Waals surface area (Å²) in [7, 11) is 0. The Hall–Kier alpha value is -2.67. The lowest BCUT2D eigenvalue weighted by molar-refractivity contribution is -0.118. The zero-order valence-corrected chi connectivity index (χ0v) is 12.4. The van der Waals surface area contributed by atoms with Crippen LogP contribution in [-0.4, -0.2) is 25.5 Å². The van der Waals surface area contributed by atoms with Crippen molar-refractivity contribution in [2.24, 2.45) is 5.73 Å². The topological polar surface area (TPSA) is 95.8 Å². The summed E-state index contributed by atoms with van der Waals surface area (Å²) in [6, 6.07) is 6.98. The van der Waals surface area contributed by atoms with E-state index in [9.17, 15) is 9.59 Å². The Morgan fingerprint density at radius 1 is 1.41 bits per heavy atom. The number of carbonyl (C=O) groups excluding carboxylic acids is 1. The molecule has 0 bridgehead atoms. The first-order valence-corrected chi connectivity index (χ1v) is 6.85. The average Bonchev–Trinajstić information content (AvgIpc) is 2.89. The fourth-order valence-corrected chi connectivity index (χ4v) is 2.46. The number of halogens is 1. The van der Waals surface area contributed by atoms with Crippen LogP contribution in [0.15, 0.2) is 35.3 Å². The third kappa shape index (κ3) is 2.35. The highest BCUT2D eigenvalue weighted by molar-refractivity contribution is 6.30. The SMILES string of the molecule is Cc1nn(CC(N)=O)c(=O)c2c1cnn2-c1cccc(Cl)c1. The van der Waals surface area contributed by atoms with Gasteiger partial charge in [0, 0.05) is 10.4 Å². The van der Waals surface area contributed by atoms with Crippen LogP contribution in [0, 0.1) is 6.92 Å². The number of aromatic nitrogens is 4. The lowest BCUT2D eigenvalue weighted by atomic mass is 10.2. The summed E-state index contributed by atoms with van der Waals surface area (Å²) in [5.74, 6) is -0.637. The van der Waals surface area contributed by atoms with E-state index in [-0.39, 0.29) is 6.54 Å². The molecule has 112 valence electrons. The van der Waals surface area contributed by atoms with Crippen molar-refractivity contribution < 1.29 is 4.79 Å². The summed E-state index contributed by atoms with van der Waals surface area (Å²) in [4.78, 5) is 23.6. The molecule has 0 unspecified atom stereocenters. The number of fused-ring (bicyclic) bond motifs is 1. The van der Waals surface area contributed by atoms with Crippen LogP contribution >= 0.6 is 11.6 Å². The van der Waals surface area contributed by atoms with Gasteiger partial charge in [-0.3, -0.25) is 9.59 Å². The fraction of sp³-hybridized carbons (Fsp3) is 0.143. The maximum absolute atomic E-state index is 12.6. The van der Waals surface area contributed by atoms with Crippen LogP contribution in [0.2, 0.25) is 5.02 Å². The quantitative estimate of drug-likeness (QED) is 0.780. The molecule has 0 saturated carbocycles. The van der Waals surface area contributed by atoms with Crippen molar-refractivity contribution in [1.29, 1.82) is 0 Å². The van der Waals surface area contributed by atoms with Crippen LogP contribution in [0.3, 0.4) is 0 Å². The van der Waals surface area contributed by atoms with Gasteiger partial charge in [0.05, 0.1) is 17.6 Å². The van der Waals surface area contributed by atoms with Crippen molar-refractivity contribution >= 4 is 28.4 Å². The Balaban J connectivity index is 2.31. The van der Waals surface area contributed by atoms with Gasteiger partial charge in [-0.1, -0.05) is 17.7 Å². The summed E-state index contributed by atoms with van der Waals surface area (Å²) < 4.78 is 2.53. The van der Waals surface area contributed by atoms with Crippen LogP contribution < -0.4 is 11.3 Å². The first kappa shape index (κ1) is 14.3. The van der Waals surface area contributed by atoms with E-state index in [0.717, 1.165) is 4.68 Å². The largest absolute Gasteiger partial charge is 0.368 e. The lowest BCUT2D eigenvalue weighted by Gasteiger charge is -2.07. The lowest BCUT2D eigenvalue weighted by Crippen LogP contribution is -2.31. The molecule has 0 saturated heterocycles. The highest BCUT2D eigenvalue weighted by atomic mass is 35.5. The minimum atomic E-state index is -0.637. The Kier molecular flexibility index (Phi) is 3.42. The number of rotatable bonds is 3. The molecule has 2 aromatic heterocycles. The second-order valence-electron chi connectivity index (χ2n) is 4.81. The molecule has 0 fully saturated rings. The summed E-state index contributed by atoms with van der Waals surface area (Å²) in [5.41, 5.74) is 6.29. The molecule has 22 heavy (non-hydrogen) atoms. The molecular weight excluding hydrogens is 306 g/mol. The molecule has 3 aromatic rings. The van der Waals surface area contributed by atoms with Crippen molar-refractivity contribution in [1.82, 2.24) is 19.6 Å². The number of hydrogen-bond donors (Lipinski definition) is 1. The van der Waals surface area contributed by atoms with Gasteiger partial charge in [-0.15, -0.1) is 0 Å². The summed E-state index contributed by atoms with van der Waals surface area (Å²) in [5, 5.41) is 9.47. The molecule has 0 aliphatic carbocycles. The summed E-state index contributed by atoms with van der Waals surface area (Å²) >= 11 is 5.99. The van der Waals surface area contributed by atoms with Crippen molar-refractivity contribution in [2.75, 3.05) is 0 Å². The average molecular weight is 318 g/mol. The van der Waals surface area contributed by atoms with Gasteiger partial charge < -0.3 is 5.73 Å². The van der Waals surface area contributed by atoms with Gasteiger partial charge in [0.15, 0.2) is 0 Å². The van der Waals surface area contributed by atoms with E-state index in [0.29, 0.717) is 27.3 Å². The fourth-order valence-electron chi connectivity index (χ4n) is 2.28. The predicted octanol–water partition coefficient (Wildman–Crippen LogP) is 1.03. The Morgan fingerprint density at radius 2 is 2.18 bits per heavy atom. The van der Waals surface area contributed by atoms with E-state index >= 15 is 0 Å². The van der Waals surface area contributed by atoms with Gasteiger partial charge in [0.2, 0.25) is 5.91 Å². The zero-order valence-electron chi connectivity index (χ0n) is 11.7. The highest BCUT2D eigenvalue weighted by Gasteiger charge is 2.15. The molecule has 2 N–H and O–H groups in total. The second kappa shape index (κ2) is 5.27. The van der Waals surface area contributed by atoms with E-state index in [2.05, 4.69) is 10.2 Å². The Labute approximate surface area is 129 Å². The molecule has 0 atom stereocenters. The monoisotopic (exact) mass is 317 g/mol. The minimum absolute atomic E-state index is 0.281. The van der Waals surface area contributed by atoms with Crippen LogP contribution in [0.25, 0.3) is 16.6 Å². The van der Waals surface area contributed by atoms with Crippen LogP contribution in [0.4, 0.5) is 0 Å². The standard InChI is InChI=1S/C14H12ClN5O2/c1-8-11-6-17-20(10-4-2-3-9(15)5-10)13(11)14(22)19(18-8)7-12(16)21/h2-6H,7H2,1H3,(H2,16,21). The van der Waals surface area contributed by atoms with Crippen molar-refractivity contribution in [3.63, 3.8) is 0 Å². The second-order valence-corrected chi connectivity index (χ2v) is 5.25. The Bertz CT molecular complexity index is 944. The number of aryl methyl sites for hydroxylation is 1. The first-order valence-electron chi connectivity index (χ1n) is 6.47. The molecule has 0 radical (unpaired) electrons. The summed E-state index contributed by atoms with van der Waals surface area (Å²) in [6.45, 7) is 1.46. The zero-order chi connectivity index (χ0) is 15.9. The molecule has 3 rings (SSSR count). The maximum atomic E-state index is 12.6. The molecule has 0 aliphatic rings. The maximum Gasteiger partial charge on any atom is 0.293 e. The van der Waals surface area contributed by atoms with Gasteiger partial charge >= 0.3 is 0 Å². The smallest absolute Gasteiger partial charge is 0.293 e. The number of nitrogens with two attached hydrogens (primary N) is 1. The molecule has 1 aromatic carbocycles. The van der Waals surface area contributed by atoms with Gasteiger partial charge in [-0.05, 0) is 25.1 Å². The van der Waals surface area contributed by atoms with E-state index in [1.54, 1.807) is 37.4 Å². The third-order valence-electron chi connectivity index (χ3n) is 3.23. The molecule has 2 heterocycles. The first-order chi connectivity index (χ1) is 10.5. The van der Waals surface area contributed by atoms with Crippen molar-refractivity contribution in [3.05, 3.63) is 51.5 Å². The van der Waals surface area contributed by atoms with E-state index in [4.69, 9.17) is 17.3 Å². The summed E-state index contributed by atoms with van der Waals surface area (Å²) in [6.07, 6.45) is 1.56. The number of hydrogen-bond acceptors (Lipinski definition) is 4. The number of carbonyl (C=O) groups is 1. The van der Waals surface area contributed by atoms with Crippen LogP contribution in [-0.2, 0) is 11.3 Å². The van der Waals surface area contributed by atoms with E-state index in [1.165, 1.54) is 4.68 Å². The molecule has 0 aliphatic heterocycles. The molecule has 7 nitrogen and oxygen atoms in total. The molecule has 1 amide bonds. The molecule has 8 heteroatoms. The highest BCUT2D eigenvalue weighted by Crippen LogP contribution is 2.19. The minimum Gasteiger partial charge on any atom is -0.368 e. The van der Waals surface area contributed by atoms with Crippen LogP contribution in [0.1, 0.15) is 5.69 Å². The van der Waals surface area contributed by atoms with Gasteiger partial charge in [-0.2, -0.15) is 10.2 Å². The van der Waals surface area contributed by atoms with Gasteiger partial charge in [0.1, 0.15) is 12.1 Å². The van der Waals surface area contributed by atoms with Gasteiger partial charge in [0.25, 0.3) is 5.56 Å². The van der Waals surface area contributed by atoms with E-state index < -0.39 is 11.5 Å². The number of primary amides is 1. The van der Waals surface area contributed by atoms with Crippen molar-refractivity contribution in [3.8, 4) is 5.69 Å². The Morgan fingerprint density at radius 3 is 2.86 bits per heavy atom. The molecular formula is C14H12ClN5O2. The number of amides is 1. The van der Waals surface area contributed by atoms with Crippen molar-refractivity contribution in [2.45, 2.75) is 13.5 Å². The number of benzene rings is 1. The predicted molar refractivity (Wildman–Crippen MR) is 82.1 cm³/mol. The third-order valence-corrected chi connectivity index (χ3v) is 3.46. The molecule has 0 spiro atoms. The van der Waals surface area contributed by atoms with Gasteiger partial charge in [-0.25, -0.2) is 9.36 Å². The number of nitrogens with zero attached hydrogens (tertiary/aromatic N) is 4.